The van der Waals surface area contributed by atoms with Crippen molar-refractivity contribution in [1.29, 1.82) is 0 Å². The minimum atomic E-state index is -0.219. The minimum absolute atomic E-state index is 0.219. The maximum Gasteiger partial charge on any atom is 0.341 e. The summed E-state index contributed by atoms with van der Waals surface area (Å²) in [4.78, 5) is 13.7. The van der Waals surface area contributed by atoms with Crippen molar-refractivity contribution in [3.05, 3.63) is 16.0 Å². The highest BCUT2D eigenvalue weighted by molar-refractivity contribution is 7.16. The highest BCUT2D eigenvalue weighted by Crippen LogP contribution is 2.34. The molecule has 3 nitrogen and oxygen atoms in total. The molecule has 0 bridgehead atoms. The van der Waals surface area contributed by atoms with Crippen molar-refractivity contribution >= 4 is 22.3 Å². The number of nitrogen functional groups attached to an aromatic ring is 1. The normalized spacial score (nSPS) is 17.1. The number of carbonyl (C=O) groups is 1. The Morgan fingerprint density at radius 2 is 1.64 bits per heavy atom. The van der Waals surface area contributed by atoms with E-state index in [1.54, 1.807) is 11.3 Å². The Morgan fingerprint density at radius 3 is 2.27 bits per heavy atom. The number of hydrogen-bond donors (Lipinski definition) is 1. The molecule has 1 aromatic heterocycles. The highest BCUT2D eigenvalue weighted by Gasteiger charge is 2.23. The summed E-state index contributed by atoms with van der Waals surface area (Å²) >= 11 is 1.61. The van der Waals surface area contributed by atoms with Gasteiger partial charge in [-0.25, -0.2) is 4.79 Å². The SMILES string of the molecule is CCCOC(=O)c1c(N)sc2c1CCCCCCCCCC2. The second kappa shape index (κ2) is 9.19. The topological polar surface area (TPSA) is 52.3 Å². The van der Waals surface area contributed by atoms with Crippen molar-refractivity contribution in [1.82, 2.24) is 0 Å². The third-order valence-electron chi connectivity index (χ3n) is 4.34. The Morgan fingerprint density at radius 1 is 1.05 bits per heavy atom. The Hall–Kier alpha value is -1.03. The van der Waals surface area contributed by atoms with Crippen LogP contribution >= 0.6 is 11.3 Å². The molecule has 0 amide bonds. The number of esters is 1. The Balaban J connectivity index is 2.18. The molecule has 2 N–H and O–H groups in total. The zero-order valence-corrected chi connectivity index (χ0v) is 14.6. The van der Waals surface area contributed by atoms with Crippen LogP contribution in [-0.2, 0) is 17.6 Å². The van der Waals surface area contributed by atoms with Gasteiger partial charge in [0.15, 0.2) is 0 Å². The van der Waals surface area contributed by atoms with Gasteiger partial charge in [0.1, 0.15) is 5.00 Å². The van der Waals surface area contributed by atoms with Gasteiger partial charge in [0.2, 0.25) is 0 Å². The van der Waals surface area contributed by atoms with Crippen molar-refractivity contribution in [3.8, 4) is 0 Å². The fourth-order valence-electron chi connectivity index (χ4n) is 3.14. The van der Waals surface area contributed by atoms with E-state index in [1.165, 1.54) is 55.4 Å². The van der Waals surface area contributed by atoms with Crippen molar-refractivity contribution < 1.29 is 9.53 Å². The van der Waals surface area contributed by atoms with Gasteiger partial charge < -0.3 is 10.5 Å². The van der Waals surface area contributed by atoms with Gasteiger partial charge in [-0.2, -0.15) is 0 Å². The summed E-state index contributed by atoms with van der Waals surface area (Å²) in [7, 11) is 0. The van der Waals surface area contributed by atoms with Gasteiger partial charge in [-0.3, -0.25) is 0 Å². The van der Waals surface area contributed by atoms with E-state index in [2.05, 4.69) is 0 Å². The van der Waals surface area contributed by atoms with E-state index in [0.29, 0.717) is 17.2 Å². The van der Waals surface area contributed by atoms with Crippen LogP contribution in [0.1, 0.15) is 85.5 Å². The second-order valence-corrected chi connectivity index (χ2v) is 7.34. The van der Waals surface area contributed by atoms with Gasteiger partial charge >= 0.3 is 5.97 Å². The Bertz CT molecular complexity index is 482. The average Bonchev–Trinajstić information content (AvgIpc) is 2.80. The molecule has 0 saturated heterocycles. The van der Waals surface area contributed by atoms with Crippen molar-refractivity contribution in [2.45, 2.75) is 77.6 Å². The maximum atomic E-state index is 12.3. The summed E-state index contributed by atoms with van der Waals surface area (Å²) in [6, 6.07) is 0. The molecule has 0 fully saturated rings. The van der Waals surface area contributed by atoms with Crippen molar-refractivity contribution in [3.63, 3.8) is 0 Å². The Labute approximate surface area is 138 Å². The first-order chi connectivity index (χ1) is 10.7. The van der Waals surface area contributed by atoms with E-state index in [9.17, 15) is 4.79 Å². The minimum Gasteiger partial charge on any atom is -0.462 e. The standard InChI is InChI=1S/C18H29NO2S/c1-2-13-21-18(20)16-14-11-9-7-5-3-4-6-8-10-12-15(14)22-17(16)19/h2-13,19H2,1H3. The average molecular weight is 324 g/mol. The largest absolute Gasteiger partial charge is 0.462 e. The molecule has 1 heterocycles. The van der Waals surface area contributed by atoms with Crippen LogP contribution in [-0.4, -0.2) is 12.6 Å². The molecular weight excluding hydrogens is 294 g/mol. The first-order valence-corrected chi connectivity index (χ1v) is 9.62. The third kappa shape index (κ3) is 4.73. The summed E-state index contributed by atoms with van der Waals surface area (Å²) in [5.41, 5.74) is 8.01. The molecule has 2 rings (SSSR count). The van der Waals surface area contributed by atoms with Gasteiger partial charge in [0, 0.05) is 4.88 Å². The lowest BCUT2D eigenvalue weighted by Crippen LogP contribution is -2.10. The highest BCUT2D eigenvalue weighted by atomic mass is 32.1. The van der Waals surface area contributed by atoms with Gasteiger partial charge in [-0.1, -0.05) is 45.4 Å². The molecule has 22 heavy (non-hydrogen) atoms. The monoisotopic (exact) mass is 323 g/mol. The van der Waals surface area contributed by atoms with Gasteiger partial charge in [0.05, 0.1) is 12.2 Å². The van der Waals surface area contributed by atoms with Gasteiger partial charge in [-0.05, 0) is 37.7 Å². The van der Waals surface area contributed by atoms with E-state index >= 15 is 0 Å². The van der Waals surface area contributed by atoms with Crippen LogP contribution in [0, 0.1) is 0 Å². The molecule has 1 aliphatic rings. The molecule has 0 radical (unpaired) electrons. The number of carbonyl (C=O) groups excluding carboxylic acids is 1. The zero-order chi connectivity index (χ0) is 15.8. The zero-order valence-electron chi connectivity index (χ0n) is 13.8. The molecule has 0 atom stereocenters. The number of nitrogens with two attached hydrogens (primary N) is 1. The van der Waals surface area contributed by atoms with Crippen LogP contribution in [0.5, 0.6) is 0 Å². The molecule has 0 saturated carbocycles. The smallest absolute Gasteiger partial charge is 0.341 e. The van der Waals surface area contributed by atoms with Gasteiger partial charge in [-0.15, -0.1) is 11.3 Å². The molecule has 0 aromatic carbocycles. The number of hydrogen-bond acceptors (Lipinski definition) is 4. The number of anilines is 1. The molecule has 124 valence electrons. The first kappa shape index (κ1) is 17.3. The predicted octanol–water partition coefficient (Wildman–Crippen LogP) is 5.12. The number of thiophene rings is 1. The summed E-state index contributed by atoms with van der Waals surface area (Å²) in [6.45, 7) is 2.48. The lowest BCUT2D eigenvalue weighted by molar-refractivity contribution is 0.0505. The molecule has 1 aromatic rings. The van der Waals surface area contributed by atoms with E-state index < -0.39 is 0 Å². The van der Waals surface area contributed by atoms with Crippen LogP contribution < -0.4 is 5.73 Å². The number of fused-ring (bicyclic) bond motifs is 1. The quantitative estimate of drug-likeness (QED) is 0.786. The number of aryl methyl sites for hydroxylation is 1. The summed E-state index contributed by atoms with van der Waals surface area (Å²) in [5.74, 6) is -0.219. The molecule has 0 unspecified atom stereocenters. The molecular formula is C18H29NO2S. The number of rotatable bonds is 3. The summed E-state index contributed by atoms with van der Waals surface area (Å²) < 4.78 is 5.34. The molecule has 0 spiro atoms. The predicted molar refractivity (Wildman–Crippen MR) is 93.6 cm³/mol. The van der Waals surface area contributed by atoms with E-state index in [1.807, 2.05) is 6.92 Å². The van der Waals surface area contributed by atoms with Crippen LogP contribution in [0.2, 0.25) is 0 Å². The maximum absolute atomic E-state index is 12.3. The summed E-state index contributed by atoms with van der Waals surface area (Å²) in [5, 5.41) is 0.654. The fraction of sp³-hybridized carbons (Fsp3) is 0.722. The number of ether oxygens (including phenoxy) is 1. The van der Waals surface area contributed by atoms with Crippen LogP contribution in [0.3, 0.4) is 0 Å². The van der Waals surface area contributed by atoms with Crippen LogP contribution in [0.25, 0.3) is 0 Å². The van der Waals surface area contributed by atoms with Crippen molar-refractivity contribution in [2.75, 3.05) is 12.3 Å². The molecule has 4 heteroatoms. The van der Waals surface area contributed by atoms with Crippen LogP contribution in [0.15, 0.2) is 0 Å². The second-order valence-electron chi connectivity index (χ2n) is 6.21. The Kier molecular flexibility index (Phi) is 7.23. The first-order valence-electron chi connectivity index (χ1n) is 8.81. The lowest BCUT2D eigenvalue weighted by atomic mass is 9.97. The van der Waals surface area contributed by atoms with E-state index in [4.69, 9.17) is 10.5 Å². The van der Waals surface area contributed by atoms with E-state index in [0.717, 1.165) is 25.7 Å². The summed E-state index contributed by atoms with van der Waals surface area (Å²) in [6.07, 6.45) is 13.1. The molecule has 1 aliphatic carbocycles. The fourth-order valence-corrected chi connectivity index (χ4v) is 4.29. The van der Waals surface area contributed by atoms with Crippen LogP contribution in [0.4, 0.5) is 5.00 Å². The third-order valence-corrected chi connectivity index (χ3v) is 5.46. The van der Waals surface area contributed by atoms with E-state index in [-0.39, 0.29) is 5.97 Å². The van der Waals surface area contributed by atoms with Gasteiger partial charge in [0.25, 0.3) is 0 Å². The molecule has 0 aliphatic heterocycles. The lowest BCUT2D eigenvalue weighted by Gasteiger charge is -2.10. The van der Waals surface area contributed by atoms with Crippen molar-refractivity contribution in [2.24, 2.45) is 0 Å².